The van der Waals surface area contributed by atoms with E-state index in [2.05, 4.69) is 0 Å². The van der Waals surface area contributed by atoms with E-state index in [4.69, 9.17) is 9.47 Å². The van der Waals surface area contributed by atoms with Gasteiger partial charge in [-0.15, -0.1) is 0 Å². The lowest BCUT2D eigenvalue weighted by Crippen LogP contribution is -2.28. The monoisotopic (exact) mass is 254 g/mol. The zero-order chi connectivity index (χ0) is 13.1. The average Bonchev–Trinajstić information content (AvgIpc) is 3.09. The van der Waals surface area contributed by atoms with Crippen LogP contribution in [0.4, 0.5) is 0 Å². The summed E-state index contributed by atoms with van der Waals surface area (Å²) in [5.74, 6) is 0.219. The summed E-state index contributed by atoms with van der Waals surface area (Å²) in [7, 11) is 0. The molecule has 0 saturated heterocycles. The normalized spacial score (nSPS) is 28.1. The molecule has 0 aromatic heterocycles. The maximum absolute atomic E-state index is 11.9. The molecular weight excluding hydrogens is 232 g/mol. The molecule has 2 fully saturated rings. The topological polar surface area (TPSA) is 52.6 Å². The second-order valence-corrected chi connectivity index (χ2v) is 5.29. The predicted octanol–water partition coefficient (Wildman–Crippen LogP) is 2.17. The van der Waals surface area contributed by atoms with Crippen LogP contribution in [-0.2, 0) is 19.1 Å². The molecule has 0 N–H and O–H groups in total. The van der Waals surface area contributed by atoms with Gasteiger partial charge in [-0.3, -0.25) is 9.59 Å². The van der Waals surface area contributed by atoms with Crippen molar-refractivity contribution in [2.45, 2.75) is 39.5 Å². The summed E-state index contributed by atoms with van der Waals surface area (Å²) < 4.78 is 10.2. The van der Waals surface area contributed by atoms with E-state index in [1.54, 1.807) is 13.8 Å². The Kier molecular flexibility index (Phi) is 4.25. The highest BCUT2D eigenvalue weighted by molar-refractivity contribution is 5.82. The largest absolute Gasteiger partial charge is 0.466 e. The Labute approximate surface area is 108 Å². The Hall–Kier alpha value is -1.06. The van der Waals surface area contributed by atoms with Crippen molar-refractivity contribution < 1.29 is 19.1 Å². The predicted molar refractivity (Wildman–Crippen MR) is 65.7 cm³/mol. The van der Waals surface area contributed by atoms with E-state index in [0.717, 1.165) is 18.8 Å². The fourth-order valence-electron chi connectivity index (χ4n) is 3.05. The summed E-state index contributed by atoms with van der Waals surface area (Å²) >= 11 is 0. The van der Waals surface area contributed by atoms with E-state index in [0.29, 0.717) is 19.1 Å². The fraction of sp³-hybridized carbons (Fsp3) is 0.857. The van der Waals surface area contributed by atoms with Crippen LogP contribution in [0.5, 0.6) is 0 Å². The molecule has 0 radical (unpaired) electrons. The maximum atomic E-state index is 11.9. The van der Waals surface area contributed by atoms with Crippen molar-refractivity contribution in [2.24, 2.45) is 23.7 Å². The molecule has 4 nitrogen and oxygen atoms in total. The van der Waals surface area contributed by atoms with Crippen LogP contribution in [0.2, 0.25) is 0 Å². The van der Waals surface area contributed by atoms with Gasteiger partial charge in [0.15, 0.2) is 0 Å². The van der Waals surface area contributed by atoms with Gasteiger partial charge in [-0.25, -0.2) is 0 Å². The molecule has 0 bridgehead atoms. The fourth-order valence-corrected chi connectivity index (χ4v) is 3.05. The molecule has 2 aliphatic rings. The number of hydrogen-bond donors (Lipinski definition) is 0. The standard InChI is InChI=1S/C14H22O4/c1-3-17-13(15)11-7-10(9-5-6-9)8-12(11)14(16)18-4-2/h9-12H,3-8H2,1-2H3/t11-,12-/m1/s1. The van der Waals surface area contributed by atoms with Crippen molar-refractivity contribution >= 4 is 11.9 Å². The number of ether oxygens (including phenoxy) is 2. The molecule has 0 aromatic rings. The smallest absolute Gasteiger partial charge is 0.309 e. The van der Waals surface area contributed by atoms with Crippen molar-refractivity contribution in [3.63, 3.8) is 0 Å². The molecule has 4 heteroatoms. The minimum atomic E-state index is -0.283. The summed E-state index contributed by atoms with van der Waals surface area (Å²) in [5, 5.41) is 0. The van der Waals surface area contributed by atoms with Crippen LogP contribution >= 0.6 is 0 Å². The number of carbonyl (C=O) groups excluding carboxylic acids is 2. The number of esters is 2. The summed E-state index contributed by atoms with van der Waals surface area (Å²) in [5.41, 5.74) is 0. The van der Waals surface area contributed by atoms with Gasteiger partial charge in [-0.2, -0.15) is 0 Å². The van der Waals surface area contributed by atoms with Gasteiger partial charge < -0.3 is 9.47 Å². The summed E-state index contributed by atoms with van der Waals surface area (Å²) in [6.07, 6.45) is 4.09. The third-order valence-electron chi connectivity index (χ3n) is 4.07. The van der Waals surface area contributed by atoms with Crippen LogP contribution in [0, 0.1) is 23.7 Å². The Morgan fingerprint density at radius 2 is 1.33 bits per heavy atom. The molecule has 2 rings (SSSR count). The molecule has 2 atom stereocenters. The minimum Gasteiger partial charge on any atom is -0.466 e. The van der Waals surface area contributed by atoms with Crippen LogP contribution < -0.4 is 0 Å². The van der Waals surface area contributed by atoms with Gasteiger partial charge in [0.25, 0.3) is 0 Å². The van der Waals surface area contributed by atoms with Gasteiger partial charge in [0.05, 0.1) is 25.0 Å². The van der Waals surface area contributed by atoms with E-state index in [1.807, 2.05) is 0 Å². The molecule has 0 aromatic carbocycles. The average molecular weight is 254 g/mol. The molecule has 0 amide bonds. The number of carbonyl (C=O) groups is 2. The van der Waals surface area contributed by atoms with E-state index < -0.39 is 0 Å². The first-order valence-corrected chi connectivity index (χ1v) is 7.00. The molecule has 2 aliphatic carbocycles. The van der Waals surface area contributed by atoms with Gasteiger partial charge in [0.1, 0.15) is 0 Å². The van der Waals surface area contributed by atoms with E-state index in [-0.39, 0.29) is 23.8 Å². The van der Waals surface area contributed by atoms with Crippen molar-refractivity contribution in [3.8, 4) is 0 Å². The van der Waals surface area contributed by atoms with Crippen LogP contribution in [-0.4, -0.2) is 25.2 Å². The minimum absolute atomic E-state index is 0.223. The third kappa shape index (κ3) is 2.85. The second-order valence-electron chi connectivity index (χ2n) is 5.29. The molecule has 0 heterocycles. The van der Waals surface area contributed by atoms with E-state index in [9.17, 15) is 9.59 Å². The quantitative estimate of drug-likeness (QED) is 0.705. The first-order valence-electron chi connectivity index (χ1n) is 7.00. The Morgan fingerprint density at radius 3 is 1.67 bits per heavy atom. The van der Waals surface area contributed by atoms with Crippen molar-refractivity contribution in [1.29, 1.82) is 0 Å². The molecular formula is C14H22O4. The summed E-state index contributed by atoms with van der Waals surface area (Å²) in [6, 6.07) is 0. The van der Waals surface area contributed by atoms with Crippen LogP contribution in [0.15, 0.2) is 0 Å². The van der Waals surface area contributed by atoms with Gasteiger partial charge in [0.2, 0.25) is 0 Å². The van der Waals surface area contributed by atoms with Gasteiger partial charge in [0, 0.05) is 0 Å². The zero-order valence-corrected chi connectivity index (χ0v) is 11.2. The highest BCUT2D eigenvalue weighted by Gasteiger charge is 2.48. The van der Waals surface area contributed by atoms with E-state index in [1.165, 1.54) is 12.8 Å². The molecule has 2 saturated carbocycles. The zero-order valence-electron chi connectivity index (χ0n) is 11.2. The van der Waals surface area contributed by atoms with Crippen molar-refractivity contribution in [1.82, 2.24) is 0 Å². The van der Waals surface area contributed by atoms with Crippen molar-refractivity contribution in [3.05, 3.63) is 0 Å². The summed E-state index contributed by atoms with van der Waals surface area (Å²) in [6.45, 7) is 4.34. The highest BCUT2D eigenvalue weighted by atomic mass is 16.5. The van der Waals surface area contributed by atoms with E-state index >= 15 is 0 Å². The highest BCUT2D eigenvalue weighted by Crippen LogP contribution is 2.49. The third-order valence-corrected chi connectivity index (χ3v) is 4.07. The molecule has 0 spiro atoms. The van der Waals surface area contributed by atoms with Gasteiger partial charge >= 0.3 is 11.9 Å². The lowest BCUT2D eigenvalue weighted by molar-refractivity contribution is -0.158. The first-order chi connectivity index (χ1) is 8.67. The van der Waals surface area contributed by atoms with Crippen LogP contribution in [0.1, 0.15) is 39.5 Å². The number of hydrogen-bond acceptors (Lipinski definition) is 4. The van der Waals surface area contributed by atoms with Crippen molar-refractivity contribution in [2.75, 3.05) is 13.2 Å². The van der Waals surface area contributed by atoms with Gasteiger partial charge in [-0.1, -0.05) is 0 Å². The van der Waals surface area contributed by atoms with Crippen LogP contribution in [0.3, 0.4) is 0 Å². The lowest BCUT2D eigenvalue weighted by atomic mass is 9.96. The lowest BCUT2D eigenvalue weighted by Gasteiger charge is -2.16. The SMILES string of the molecule is CCOC(=O)[C@@H]1CC(C2CC2)C[C@H]1C(=O)OCC. The molecule has 18 heavy (non-hydrogen) atoms. The Bertz CT molecular complexity index is 296. The molecule has 0 aliphatic heterocycles. The van der Waals surface area contributed by atoms with Crippen LogP contribution in [0.25, 0.3) is 0 Å². The maximum Gasteiger partial charge on any atom is 0.309 e. The number of rotatable bonds is 5. The second kappa shape index (κ2) is 5.72. The molecule has 0 unspecified atom stereocenters. The Balaban J connectivity index is 2.02. The summed E-state index contributed by atoms with van der Waals surface area (Å²) in [4.78, 5) is 23.8. The van der Waals surface area contributed by atoms with Gasteiger partial charge in [-0.05, 0) is 51.4 Å². The first kappa shape index (κ1) is 13.4. The Morgan fingerprint density at radius 1 is 0.889 bits per heavy atom. The molecule has 102 valence electrons.